The molecule has 18 aromatic rings. The minimum atomic E-state index is 0.279. The molecule has 0 spiro atoms. The van der Waals surface area contributed by atoms with Crippen molar-refractivity contribution in [3.63, 3.8) is 0 Å². The van der Waals surface area contributed by atoms with E-state index in [0.29, 0.717) is 29.6 Å². The van der Waals surface area contributed by atoms with E-state index in [-0.39, 0.29) is 5.92 Å². The van der Waals surface area contributed by atoms with Gasteiger partial charge < -0.3 is 19.6 Å². The first-order valence-corrected chi connectivity index (χ1v) is 45.1. The van der Waals surface area contributed by atoms with Crippen molar-refractivity contribution in [2.45, 2.75) is 131 Å². The molecule has 2 aliphatic rings. The maximum absolute atomic E-state index is 2.67. The highest BCUT2D eigenvalue weighted by Gasteiger charge is 2.36. The molecule has 0 amide bonds. The van der Waals surface area contributed by atoms with Crippen LogP contribution in [0.25, 0.3) is 86.9 Å². The van der Waals surface area contributed by atoms with Crippen LogP contribution in [0, 0.1) is 45.4 Å². The molecule has 604 valence electrons. The molecule has 0 aliphatic heterocycles. The molecule has 0 bridgehead atoms. The van der Waals surface area contributed by atoms with Crippen molar-refractivity contribution in [3.05, 3.63) is 408 Å². The molecule has 18 aromatic carbocycles. The first-order chi connectivity index (χ1) is 60.2. The van der Waals surface area contributed by atoms with Gasteiger partial charge in [0.15, 0.2) is 0 Å². The third-order valence-electron chi connectivity index (χ3n) is 27.3. The van der Waals surface area contributed by atoms with Crippen LogP contribution in [0.1, 0.15) is 141 Å². The van der Waals surface area contributed by atoms with Gasteiger partial charge in [0.05, 0.1) is 22.7 Å². The van der Waals surface area contributed by atoms with Crippen LogP contribution >= 0.6 is 0 Å². The van der Waals surface area contributed by atoms with Gasteiger partial charge in [-0.05, 0) is 276 Å². The Morgan fingerprint density at radius 2 is 0.577 bits per heavy atom. The number of aryl methyl sites for hydroxylation is 4. The summed E-state index contributed by atoms with van der Waals surface area (Å²) in [5.41, 5.74) is 29.1. The quantitative estimate of drug-likeness (QED) is 0.0557. The molecule has 2 saturated carbocycles. The summed E-state index contributed by atoms with van der Waals surface area (Å²) >= 11 is 0. The Labute approximate surface area is 727 Å². The van der Waals surface area contributed by atoms with Gasteiger partial charge >= 0.3 is 0 Å². The van der Waals surface area contributed by atoms with E-state index in [1.165, 1.54) is 206 Å². The summed E-state index contributed by atoms with van der Waals surface area (Å²) in [4.78, 5) is 10.3. The first kappa shape index (κ1) is 78.3. The van der Waals surface area contributed by atoms with E-state index in [4.69, 9.17) is 0 Å². The summed E-state index contributed by atoms with van der Waals surface area (Å²) in [5, 5.41) is 14.7. The summed E-state index contributed by atoms with van der Waals surface area (Å²) in [6, 6.07) is 139. The van der Waals surface area contributed by atoms with Crippen molar-refractivity contribution >= 4 is 133 Å². The van der Waals surface area contributed by atoms with Crippen molar-refractivity contribution in [2.24, 2.45) is 17.8 Å². The summed E-state index contributed by atoms with van der Waals surface area (Å²) in [7, 11) is 0. The highest BCUT2D eigenvalue weighted by atomic mass is 15.2. The lowest BCUT2D eigenvalue weighted by atomic mass is 9.66. The second-order valence-electron chi connectivity index (χ2n) is 36.2. The molecule has 0 heterocycles. The predicted molar refractivity (Wildman–Crippen MR) is 529 cm³/mol. The van der Waals surface area contributed by atoms with Gasteiger partial charge in [-0.2, -0.15) is 0 Å². The van der Waals surface area contributed by atoms with Crippen LogP contribution in [0.4, 0.5) is 68.2 Å². The van der Waals surface area contributed by atoms with Crippen LogP contribution in [0.15, 0.2) is 364 Å². The average molecular weight is 1590 g/mol. The van der Waals surface area contributed by atoms with E-state index >= 15 is 0 Å². The zero-order valence-corrected chi connectivity index (χ0v) is 72.3. The molecule has 0 N–H and O–H groups in total. The first-order valence-electron chi connectivity index (χ1n) is 45.1. The summed E-state index contributed by atoms with van der Waals surface area (Å²) in [6.45, 7) is 18.2. The number of benzene rings is 18. The second-order valence-corrected chi connectivity index (χ2v) is 36.2. The molecule has 2 aliphatic carbocycles. The van der Waals surface area contributed by atoms with Gasteiger partial charge in [-0.1, -0.05) is 325 Å². The van der Waals surface area contributed by atoms with Crippen LogP contribution in [0.3, 0.4) is 0 Å². The fraction of sp³-hybridized carbons (Fsp3) is 0.193. The molecule has 4 unspecified atom stereocenters. The van der Waals surface area contributed by atoms with E-state index < -0.39 is 0 Å². The molecule has 20 rings (SSSR count). The molecule has 2 fully saturated rings. The largest absolute Gasteiger partial charge is 0.309 e. The monoisotopic (exact) mass is 1590 g/mol. The van der Waals surface area contributed by atoms with Crippen LogP contribution in [-0.2, 0) is 6.42 Å². The average Bonchev–Trinajstić information content (AvgIpc) is 0.719. The number of fused-ring (bicyclic) bond motifs is 6. The van der Waals surface area contributed by atoms with Gasteiger partial charge in [0.2, 0.25) is 0 Å². The minimum absolute atomic E-state index is 0.279. The Balaban J connectivity index is 0.724. The number of hydrogen-bond donors (Lipinski definition) is 0. The lowest BCUT2D eigenvalue weighted by Gasteiger charge is -2.39. The Hall–Kier alpha value is -13.3. The van der Waals surface area contributed by atoms with Gasteiger partial charge in [-0.25, -0.2) is 0 Å². The second kappa shape index (κ2) is 33.6. The normalized spacial score (nSPS) is 15.6. The fourth-order valence-corrected chi connectivity index (χ4v) is 20.7. The maximum Gasteiger partial charge on any atom is 0.0620 e. The van der Waals surface area contributed by atoms with E-state index in [2.05, 4.69) is 439 Å². The van der Waals surface area contributed by atoms with Crippen molar-refractivity contribution in [2.75, 3.05) is 19.6 Å². The number of rotatable bonds is 20. The van der Waals surface area contributed by atoms with E-state index in [0.717, 1.165) is 51.9 Å². The van der Waals surface area contributed by atoms with Gasteiger partial charge in [0, 0.05) is 88.6 Å². The van der Waals surface area contributed by atoms with E-state index in [1.807, 2.05) is 0 Å². The molecule has 123 heavy (non-hydrogen) atoms. The Bertz CT molecular complexity index is 6800. The van der Waals surface area contributed by atoms with Gasteiger partial charge in [0.25, 0.3) is 0 Å². The molecule has 4 heteroatoms. The van der Waals surface area contributed by atoms with Crippen molar-refractivity contribution in [1.82, 2.24) is 0 Å². The zero-order chi connectivity index (χ0) is 83.3. The van der Waals surface area contributed by atoms with E-state index in [1.54, 1.807) is 0 Å². The van der Waals surface area contributed by atoms with Gasteiger partial charge in [0.1, 0.15) is 0 Å². The van der Waals surface area contributed by atoms with Crippen LogP contribution < -0.4 is 19.6 Å². The van der Waals surface area contributed by atoms with Crippen LogP contribution in [-0.4, -0.2) is 0 Å². The molecule has 4 atom stereocenters. The highest BCUT2D eigenvalue weighted by molar-refractivity contribution is 6.25. The van der Waals surface area contributed by atoms with Crippen LogP contribution in [0.2, 0.25) is 0 Å². The minimum Gasteiger partial charge on any atom is -0.309 e. The Morgan fingerprint density at radius 1 is 0.252 bits per heavy atom. The topological polar surface area (TPSA) is 13.0 Å². The SMILES string of the molecule is Cc1ccc(N(c2ccc(C)cc2)c2c3ccc(C4CCCC(C5CCCC(Cc6ccc7c(N(c8ccc(-c9ccccc9)cc8)c8ccc9ccccc9c8)c8cc(C(C)C)ccc8c(N(c8ccc(-c9ccccc9)cc8)c8ccc9ccccc9c8)c7c6)C5)C4)cc3c(N(c3ccc(C)cc3)c3ccc(C)cc3)c3ccc(C(C)C)cc23)cc1. The molecular weight excluding hydrogens is 1490 g/mol. The van der Waals surface area contributed by atoms with Crippen molar-refractivity contribution in [1.29, 1.82) is 0 Å². The van der Waals surface area contributed by atoms with E-state index in [9.17, 15) is 0 Å². The number of nitrogens with zero attached hydrogens (tertiary/aromatic N) is 4. The molecule has 0 saturated heterocycles. The van der Waals surface area contributed by atoms with Gasteiger partial charge in [-0.3, -0.25) is 0 Å². The van der Waals surface area contributed by atoms with Crippen molar-refractivity contribution in [3.8, 4) is 22.3 Å². The highest BCUT2D eigenvalue weighted by Crippen LogP contribution is 2.57. The van der Waals surface area contributed by atoms with Gasteiger partial charge in [-0.15, -0.1) is 0 Å². The summed E-state index contributed by atoms with van der Waals surface area (Å²) in [6.07, 6.45) is 10.9. The molecule has 0 aromatic heterocycles. The number of hydrogen-bond acceptors (Lipinski definition) is 4. The third kappa shape index (κ3) is 15.5. The standard InChI is InChI=1S/C119H108N4/c1-78(2)92-49-67-110-113(75-92)117(120(100-51-33-80(5)34-52-100)101-53-35-81(6)36-54-101)111-68-50-99(77-115(111)118(110)121(102-55-37-82(7)38-56-102)103-57-39-83(8)40-58-103)96-32-20-31-95(72-96)94-30-19-21-84(70-94)69-85-41-65-108-112(71-85)116(122(106-63-46-88-26-15-17-28-97(88)73-106)104-59-42-90(43-60-104)86-22-11-9-12-23-86)109-66-48-93(79(3)4)76-114(109)119(108)123(107-64-47-89-27-16-18-29-98(89)74-107)105-61-44-91(45-62-105)87-24-13-10-14-25-87/h9-18,22-29,33-68,71,73-79,84,94-96H,19-21,30-32,69-70,72H2,1-8H3. The predicted octanol–water partition coefficient (Wildman–Crippen LogP) is 34.6. The summed E-state index contributed by atoms with van der Waals surface area (Å²) < 4.78 is 0. The van der Waals surface area contributed by atoms with Crippen molar-refractivity contribution < 1.29 is 0 Å². The third-order valence-corrected chi connectivity index (χ3v) is 27.3. The lowest BCUT2D eigenvalue weighted by Crippen LogP contribution is -2.27. The number of anilines is 12. The zero-order valence-electron chi connectivity index (χ0n) is 72.3. The smallest absolute Gasteiger partial charge is 0.0620 e. The molecular formula is C119H108N4. The summed E-state index contributed by atoms with van der Waals surface area (Å²) in [5.74, 6) is 2.81. The fourth-order valence-electron chi connectivity index (χ4n) is 20.7. The molecule has 4 nitrogen and oxygen atoms in total. The Kier molecular flexibility index (Phi) is 21.4. The molecule has 0 radical (unpaired) electrons. The van der Waals surface area contributed by atoms with Crippen LogP contribution in [0.5, 0.6) is 0 Å². The maximum atomic E-state index is 2.67. The lowest BCUT2D eigenvalue weighted by molar-refractivity contribution is 0.150. The Morgan fingerprint density at radius 3 is 0.992 bits per heavy atom.